The lowest BCUT2D eigenvalue weighted by Gasteiger charge is -2.34. The smallest absolute Gasteiger partial charge is 0.254 e. The number of ether oxygens (including phenoxy) is 2. The van der Waals surface area contributed by atoms with Gasteiger partial charge in [0.1, 0.15) is 11.5 Å². The summed E-state index contributed by atoms with van der Waals surface area (Å²) in [5.41, 5.74) is 0.624. The molecule has 116 valence electrons. The SMILES string of the molecule is COc1cc(OC)cc(C(=O)N2CC[NH+](C(C)C)CC2)c1. The van der Waals surface area contributed by atoms with Gasteiger partial charge in [-0.25, -0.2) is 0 Å². The van der Waals surface area contributed by atoms with Gasteiger partial charge in [0.15, 0.2) is 0 Å². The third kappa shape index (κ3) is 3.67. The average molecular weight is 293 g/mol. The van der Waals surface area contributed by atoms with Crippen molar-refractivity contribution in [2.75, 3.05) is 40.4 Å². The first-order valence-corrected chi connectivity index (χ1v) is 7.42. The van der Waals surface area contributed by atoms with Gasteiger partial charge in [-0.15, -0.1) is 0 Å². The van der Waals surface area contributed by atoms with Crippen LogP contribution in [0.25, 0.3) is 0 Å². The lowest BCUT2D eigenvalue weighted by molar-refractivity contribution is -0.925. The largest absolute Gasteiger partial charge is 0.497 e. The van der Waals surface area contributed by atoms with Crippen LogP contribution in [0, 0.1) is 0 Å². The van der Waals surface area contributed by atoms with E-state index in [1.165, 1.54) is 0 Å². The number of rotatable bonds is 4. The monoisotopic (exact) mass is 293 g/mol. The van der Waals surface area contributed by atoms with Gasteiger partial charge in [-0.1, -0.05) is 0 Å². The molecule has 1 fully saturated rings. The Bertz CT molecular complexity index is 472. The van der Waals surface area contributed by atoms with Crippen LogP contribution in [0.2, 0.25) is 0 Å². The quantitative estimate of drug-likeness (QED) is 0.877. The highest BCUT2D eigenvalue weighted by molar-refractivity contribution is 5.95. The standard InChI is InChI=1S/C16H24N2O3/c1-12(2)17-5-7-18(8-6-17)16(19)13-9-14(20-3)11-15(10-13)21-4/h9-12H,5-8H2,1-4H3/p+1. The zero-order chi connectivity index (χ0) is 15.4. The molecule has 2 rings (SSSR count). The molecule has 1 aromatic carbocycles. The Morgan fingerprint density at radius 1 is 1.10 bits per heavy atom. The molecule has 5 heteroatoms. The van der Waals surface area contributed by atoms with Gasteiger partial charge in [0.05, 0.1) is 46.4 Å². The van der Waals surface area contributed by atoms with Crippen LogP contribution in [0.1, 0.15) is 24.2 Å². The molecule has 21 heavy (non-hydrogen) atoms. The maximum atomic E-state index is 12.6. The second-order valence-electron chi connectivity index (χ2n) is 5.71. The van der Waals surface area contributed by atoms with E-state index in [0.29, 0.717) is 23.1 Å². The molecule has 0 aromatic heterocycles. The number of quaternary nitrogens is 1. The molecule has 1 aromatic rings. The summed E-state index contributed by atoms with van der Waals surface area (Å²) in [5, 5.41) is 0. The van der Waals surface area contributed by atoms with Gasteiger partial charge in [-0.05, 0) is 26.0 Å². The minimum atomic E-state index is 0.0509. The van der Waals surface area contributed by atoms with Crippen molar-refractivity contribution in [3.05, 3.63) is 23.8 Å². The number of nitrogens with zero attached hydrogens (tertiary/aromatic N) is 1. The molecule has 1 saturated heterocycles. The molecule has 1 amide bonds. The summed E-state index contributed by atoms with van der Waals surface area (Å²) in [7, 11) is 3.18. The second kappa shape index (κ2) is 6.80. The Labute approximate surface area is 126 Å². The van der Waals surface area contributed by atoms with E-state index in [0.717, 1.165) is 26.2 Å². The number of methoxy groups -OCH3 is 2. The molecule has 0 aliphatic carbocycles. The van der Waals surface area contributed by atoms with E-state index in [4.69, 9.17) is 9.47 Å². The Morgan fingerprint density at radius 2 is 1.62 bits per heavy atom. The van der Waals surface area contributed by atoms with Crippen molar-refractivity contribution in [3.63, 3.8) is 0 Å². The van der Waals surface area contributed by atoms with E-state index in [-0.39, 0.29) is 5.91 Å². The molecule has 5 nitrogen and oxygen atoms in total. The highest BCUT2D eigenvalue weighted by atomic mass is 16.5. The fourth-order valence-corrected chi connectivity index (χ4v) is 2.69. The lowest BCUT2D eigenvalue weighted by atomic mass is 10.1. The van der Waals surface area contributed by atoms with Crippen LogP contribution in [0.15, 0.2) is 18.2 Å². The summed E-state index contributed by atoms with van der Waals surface area (Å²) in [4.78, 5) is 16.1. The Morgan fingerprint density at radius 3 is 2.05 bits per heavy atom. The fourth-order valence-electron chi connectivity index (χ4n) is 2.69. The Kier molecular flexibility index (Phi) is 5.07. The summed E-state index contributed by atoms with van der Waals surface area (Å²) in [5.74, 6) is 1.34. The number of carbonyl (C=O) groups is 1. The molecule has 0 spiro atoms. The topological polar surface area (TPSA) is 43.2 Å². The molecule has 1 aliphatic rings. The zero-order valence-corrected chi connectivity index (χ0v) is 13.3. The molecule has 1 N–H and O–H groups in total. The predicted octanol–water partition coefficient (Wildman–Crippen LogP) is 0.453. The summed E-state index contributed by atoms with van der Waals surface area (Å²) >= 11 is 0. The van der Waals surface area contributed by atoms with Crippen molar-refractivity contribution in [1.82, 2.24) is 4.90 Å². The third-order valence-corrected chi connectivity index (χ3v) is 4.11. The minimum absolute atomic E-state index is 0.0509. The van der Waals surface area contributed by atoms with Crippen LogP contribution >= 0.6 is 0 Å². The molecule has 0 radical (unpaired) electrons. The number of nitrogens with one attached hydrogen (secondary N) is 1. The van der Waals surface area contributed by atoms with Crippen molar-refractivity contribution in [2.24, 2.45) is 0 Å². The van der Waals surface area contributed by atoms with Crippen LogP contribution in [-0.2, 0) is 0 Å². The first-order chi connectivity index (χ1) is 10.0. The van der Waals surface area contributed by atoms with Gasteiger partial charge in [-0.2, -0.15) is 0 Å². The summed E-state index contributed by atoms with van der Waals surface area (Å²) in [6, 6.07) is 5.93. The molecule has 0 bridgehead atoms. The summed E-state index contributed by atoms with van der Waals surface area (Å²) < 4.78 is 10.5. The Balaban J connectivity index is 2.10. The van der Waals surface area contributed by atoms with Crippen LogP contribution in [-0.4, -0.2) is 57.2 Å². The van der Waals surface area contributed by atoms with E-state index in [1.807, 2.05) is 4.90 Å². The van der Waals surface area contributed by atoms with E-state index in [9.17, 15) is 4.79 Å². The number of hydrogen-bond acceptors (Lipinski definition) is 3. The molecule has 0 saturated carbocycles. The molecular weight excluding hydrogens is 268 g/mol. The third-order valence-electron chi connectivity index (χ3n) is 4.11. The lowest BCUT2D eigenvalue weighted by Crippen LogP contribution is -3.17. The average Bonchev–Trinajstić information content (AvgIpc) is 2.53. The number of benzene rings is 1. The van der Waals surface area contributed by atoms with Crippen molar-refractivity contribution >= 4 is 5.91 Å². The highest BCUT2D eigenvalue weighted by Gasteiger charge is 2.26. The second-order valence-corrected chi connectivity index (χ2v) is 5.71. The first kappa shape index (κ1) is 15.6. The van der Waals surface area contributed by atoms with Crippen molar-refractivity contribution in [3.8, 4) is 11.5 Å². The fraction of sp³-hybridized carbons (Fsp3) is 0.562. The van der Waals surface area contributed by atoms with Gasteiger partial charge in [0, 0.05) is 11.6 Å². The number of hydrogen-bond donors (Lipinski definition) is 1. The van der Waals surface area contributed by atoms with E-state index in [1.54, 1.807) is 37.3 Å². The van der Waals surface area contributed by atoms with Crippen LogP contribution < -0.4 is 14.4 Å². The maximum absolute atomic E-state index is 12.6. The molecule has 0 atom stereocenters. The zero-order valence-electron chi connectivity index (χ0n) is 13.3. The first-order valence-electron chi connectivity index (χ1n) is 7.42. The van der Waals surface area contributed by atoms with Gasteiger partial charge in [-0.3, -0.25) is 4.79 Å². The van der Waals surface area contributed by atoms with E-state index >= 15 is 0 Å². The van der Waals surface area contributed by atoms with Gasteiger partial charge >= 0.3 is 0 Å². The normalized spacial score (nSPS) is 16.1. The molecule has 1 aliphatic heterocycles. The Hall–Kier alpha value is -1.75. The maximum Gasteiger partial charge on any atom is 0.254 e. The van der Waals surface area contributed by atoms with Crippen molar-refractivity contribution < 1.29 is 19.2 Å². The minimum Gasteiger partial charge on any atom is -0.497 e. The predicted molar refractivity (Wildman–Crippen MR) is 81.3 cm³/mol. The van der Waals surface area contributed by atoms with Crippen LogP contribution in [0.4, 0.5) is 0 Å². The van der Waals surface area contributed by atoms with Crippen molar-refractivity contribution in [1.29, 1.82) is 0 Å². The summed E-state index contributed by atoms with van der Waals surface area (Å²) in [6.45, 7) is 8.05. The molecule has 0 unspecified atom stereocenters. The number of amides is 1. The van der Waals surface area contributed by atoms with E-state index in [2.05, 4.69) is 13.8 Å². The van der Waals surface area contributed by atoms with Crippen LogP contribution in [0.3, 0.4) is 0 Å². The van der Waals surface area contributed by atoms with E-state index < -0.39 is 0 Å². The van der Waals surface area contributed by atoms with Gasteiger partial charge in [0.25, 0.3) is 5.91 Å². The number of carbonyl (C=O) groups excluding carboxylic acids is 1. The van der Waals surface area contributed by atoms with Crippen LogP contribution in [0.5, 0.6) is 11.5 Å². The van der Waals surface area contributed by atoms with Gasteiger partial charge in [0.2, 0.25) is 0 Å². The highest BCUT2D eigenvalue weighted by Crippen LogP contribution is 2.23. The van der Waals surface area contributed by atoms with Crippen molar-refractivity contribution in [2.45, 2.75) is 19.9 Å². The molecule has 1 heterocycles. The summed E-state index contributed by atoms with van der Waals surface area (Å²) in [6.07, 6.45) is 0. The molecular formula is C16H25N2O3+. The number of piperazine rings is 1. The van der Waals surface area contributed by atoms with Gasteiger partial charge < -0.3 is 19.3 Å².